The molecular weight excluding hydrogens is 279 g/mol. The monoisotopic (exact) mass is 292 g/mol. The number of benzene rings is 2. The van der Waals surface area contributed by atoms with Crippen LogP contribution < -0.4 is 10.2 Å². The molecule has 0 unspecified atom stereocenters. The van der Waals surface area contributed by atoms with E-state index in [1.54, 1.807) is 19.1 Å². The zero-order chi connectivity index (χ0) is 14.4. The van der Waals surface area contributed by atoms with E-state index < -0.39 is 5.82 Å². The quantitative estimate of drug-likeness (QED) is 0.657. The highest BCUT2D eigenvalue weighted by atomic mass is 35.5. The average Bonchev–Trinajstić information content (AvgIpc) is 2.47. The summed E-state index contributed by atoms with van der Waals surface area (Å²) in [6.07, 6.45) is 1.39. The van der Waals surface area contributed by atoms with Gasteiger partial charge >= 0.3 is 0 Å². The molecule has 1 N–H and O–H groups in total. The van der Waals surface area contributed by atoms with E-state index >= 15 is 0 Å². The van der Waals surface area contributed by atoms with Gasteiger partial charge < -0.3 is 4.74 Å². The molecule has 0 heterocycles. The van der Waals surface area contributed by atoms with Crippen molar-refractivity contribution < 1.29 is 9.13 Å². The normalized spacial score (nSPS) is 10.8. The van der Waals surface area contributed by atoms with E-state index in [0.717, 1.165) is 5.69 Å². The smallest absolute Gasteiger partial charge is 0.175 e. The molecule has 0 aliphatic heterocycles. The maximum Gasteiger partial charge on any atom is 0.175 e. The summed E-state index contributed by atoms with van der Waals surface area (Å²) in [5, 5.41) is 4.24. The van der Waals surface area contributed by atoms with Crippen LogP contribution in [0.2, 0.25) is 5.02 Å². The standard InChI is InChI=1S/C15H14ClFN2O/c1-2-20-15-13(16)9-8-11(14(15)17)10-18-19-12-6-4-3-5-7-12/h3-10,19H,2H2,1H3. The van der Waals surface area contributed by atoms with Crippen LogP contribution >= 0.6 is 11.6 Å². The van der Waals surface area contributed by atoms with E-state index in [9.17, 15) is 4.39 Å². The largest absolute Gasteiger partial charge is 0.489 e. The molecule has 0 aliphatic rings. The second-order valence-electron chi connectivity index (χ2n) is 3.95. The van der Waals surface area contributed by atoms with E-state index in [1.165, 1.54) is 6.21 Å². The fraction of sp³-hybridized carbons (Fsp3) is 0.133. The zero-order valence-corrected chi connectivity index (χ0v) is 11.7. The SMILES string of the molecule is CCOc1c(Cl)ccc(C=NNc2ccccc2)c1F. The Bertz CT molecular complexity index is 602. The van der Waals surface area contributed by atoms with Gasteiger partial charge in [-0.15, -0.1) is 0 Å². The van der Waals surface area contributed by atoms with Crippen molar-refractivity contribution in [2.24, 2.45) is 5.10 Å². The van der Waals surface area contributed by atoms with Crippen molar-refractivity contribution in [1.29, 1.82) is 0 Å². The van der Waals surface area contributed by atoms with E-state index in [-0.39, 0.29) is 10.8 Å². The summed E-state index contributed by atoms with van der Waals surface area (Å²) in [7, 11) is 0. The van der Waals surface area contributed by atoms with Crippen molar-refractivity contribution >= 4 is 23.5 Å². The number of nitrogens with zero attached hydrogens (tertiary/aromatic N) is 1. The first-order chi connectivity index (χ1) is 9.72. The van der Waals surface area contributed by atoms with Crippen molar-refractivity contribution in [2.45, 2.75) is 6.92 Å². The van der Waals surface area contributed by atoms with Crippen LogP contribution in [0.3, 0.4) is 0 Å². The summed E-state index contributed by atoms with van der Waals surface area (Å²) in [4.78, 5) is 0. The van der Waals surface area contributed by atoms with Gasteiger partial charge in [-0.3, -0.25) is 5.43 Å². The first kappa shape index (κ1) is 14.3. The summed E-state index contributed by atoms with van der Waals surface area (Å²) in [5.74, 6) is -0.462. The minimum absolute atomic E-state index is 0.0535. The number of para-hydroxylation sites is 1. The summed E-state index contributed by atoms with van der Waals surface area (Å²) < 4.78 is 19.3. The first-order valence-corrected chi connectivity index (χ1v) is 6.55. The third-order valence-corrected chi connectivity index (χ3v) is 2.84. The number of hydrogen-bond acceptors (Lipinski definition) is 3. The lowest BCUT2D eigenvalue weighted by Gasteiger charge is -2.08. The summed E-state index contributed by atoms with van der Waals surface area (Å²) in [5.41, 5.74) is 3.94. The maximum absolute atomic E-state index is 14.1. The van der Waals surface area contributed by atoms with Gasteiger partial charge in [-0.25, -0.2) is 4.39 Å². The van der Waals surface area contributed by atoms with E-state index in [4.69, 9.17) is 16.3 Å². The number of rotatable bonds is 5. The number of halogens is 2. The highest BCUT2D eigenvalue weighted by Gasteiger charge is 2.12. The van der Waals surface area contributed by atoms with Crippen LogP contribution in [0.25, 0.3) is 0 Å². The molecule has 0 fully saturated rings. The summed E-state index contributed by atoms with van der Waals surface area (Å²) in [6, 6.07) is 12.5. The fourth-order valence-corrected chi connectivity index (χ4v) is 1.81. The Hall–Kier alpha value is -2.07. The maximum atomic E-state index is 14.1. The van der Waals surface area contributed by atoms with Crippen molar-refractivity contribution in [2.75, 3.05) is 12.0 Å². The van der Waals surface area contributed by atoms with Gasteiger partial charge in [0.05, 0.1) is 23.5 Å². The van der Waals surface area contributed by atoms with Gasteiger partial charge in [0.2, 0.25) is 0 Å². The molecule has 0 aromatic heterocycles. The van der Waals surface area contributed by atoms with Gasteiger partial charge in [0, 0.05) is 5.56 Å². The molecule has 0 spiro atoms. The Labute approximate surface area is 122 Å². The van der Waals surface area contributed by atoms with Gasteiger partial charge in [-0.2, -0.15) is 5.10 Å². The molecule has 2 rings (SSSR count). The molecule has 0 aliphatic carbocycles. The van der Waals surface area contributed by atoms with Crippen LogP contribution in [-0.4, -0.2) is 12.8 Å². The summed E-state index contributed by atoms with van der Waals surface area (Å²) in [6.45, 7) is 2.12. The van der Waals surface area contributed by atoms with Gasteiger partial charge in [0.15, 0.2) is 11.6 Å². The molecular formula is C15H14ClFN2O. The Morgan fingerprint density at radius 2 is 2.00 bits per heavy atom. The van der Waals surface area contributed by atoms with E-state index in [1.807, 2.05) is 30.3 Å². The van der Waals surface area contributed by atoms with Crippen LogP contribution in [0.1, 0.15) is 12.5 Å². The van der Waals surface area contributed by atoms with E-state index in [2.05, 4.69) is 10.5 Å². The fourth-order valence-electron chi connectivity index (χ4n) is 1.61. The molecule has 2 aromatic rings. The topological polar surface area (TPSA) is 33.6 Å². The van der Waals surface area contributed by atoms with Gasteiger partial charge in [-0.05, 0) is 31.2 Å². The summed E-state index contributed by atoms with van der Waals surface area (Å²) >= 11 is 5.89. The molecule has 0 atom stereocenters. The molecule has 0 bridgehead atoms. The molecule has 2 aromatic carbocycles. The van der Waals surface area contributed by atoms with Crippen LogP contribution in [-0.2, 0) is 0 Å². The third-order valence-electron chi connectivity index (χ3n) is 2.54. The second kappa shape index (κ2) is 6.91. The average molecular weight is 293 g/mol. The Balaban J connectivity index is 2.15. The third kappa shape index (κ3) is 3.48. The van der Waals surface area contributed by atoms with Crippen molar-refractivity contribution in [3.63, 3.8) is 0 Å². The van der Waals surface area contributed by atoms with Crippen LogP contribution in [0.5, 0.6) is 5.75 Å². The molecule has 0 saturated carbocycles. The number of hydrazone groups is 1. The van der Waals surface area contributed by atoms with E-state index in [0.29, 0.717) is 12.2 Å². The highest BCUT2D eigenvalue weighted by molar-refractivity contribution is 6.32. The zero-order valence-electron chi connectivity index (χ0n) is 10.9. The highest BCUT2D eigenvalue weighted by Crippen LogP contribution is 2.29. The van der Waals surface area contributed by atoms with Gasteiger partial charge in [0.1, 0.15) is 0 Å². The number of nitrogens with one attached hydrogen (secondary N) is 1. The Morgan fingerprint density at radius 1 is 1.25 bits per heavy atom. The lowest BCUT2D eigenvalue weighted by Crippen LogP contribution is -2.00. The molecule has 0 amide bonds. The lowest BCUT2D eigenvalue weighted by molar-refractivity contribution is 0.321. The van der Waals surface area contributed by atoms with Crippen molar-refractivity contribution in [1.82, 2.24) is 0 Å². The Kier molecular flexibility index (Phi) is 4.96. The van der Waals surface area contributed by atoms with Crippen molar-refractivity contribution in [3.05, 3.63) is 58.9 Å². The van der Waals surface area contributed by atoms with Gasteiger partial charge in [0.25, 0.3) is 0 Å². The van der Waals surface area contributed by atoms with Crippen LogP contribution in [0.15, 0.2) is 47.6 Å². The van der Waals surface area contributed by atoms with Crippen LogP contribution in [0, 0.1) is 5.82 Å². The van der Waals surface area contributed by atoms with Crippen LogP contribution in [0.4, 0.5) is 10.1 Å². The predicted molar refractivity (Wildman–Crippen MR) is 80.2 cm³/mol. The predicted octanol–water partition coefficient (Wildman–Crippen LogP) is 4.32. The molecule has 20 heavy (non-hydrogen) atoms. The molecule has 3 nitrogen and oxygen atoms in total. The molecule has 0 radical (unpaired) electrons. The molecule has 5 heteroatoms. The number of hydrogen-bond donors (Lipinski definition) is 1. The number of anilines is 1. The second-order valence-corrected chi connectivity index (χ2v) is 4.36. The van der Waals surface area contributed by atoms with Crippen molar-refractivity contribution in [3.8, 4) is 5.75 Å². The minimum atomic E-state index is -0.516. The number of ether oxygens (including phenoxy) is 1. The molecule has 0 saturated heterocycles. The minimum Gasteiger partial charge on any atom is -0.489 e. The molecule has 104 valence electrons. The first-order valence-electron chi connectivity index (χ1n) is 6.17. The lowest BCUT2D eigenvalue weighted by atomic mass is 10.2. The van der Waals surface area contributed by atoms with Gasteiger partial charge in [-0.1, -0.05) is 29.8 Å². The Morgan fingerprint density at radius 3 is 2.70 bits per heavy atom.